The summed E-state index contributed by atoms with van der Waals surface area (Å²) in [5, 5.41) is 0. The first-order valence-electron chi connectivity index (χ1n) is 49.6. The Hall–Kier alpha value is -5.08. The maximum atomic E-state index is 6.33. The van der Waals surface area contributed by atoms with Crippen molar-refractivity contribution < 1.29 is 47.4 Å². The molecule has 4 fully saturated rings. The molecule has 0 aliphatic heterocycles. The molecule has 0 spiro atoms. The highest BCUT2D eigenvalue weighted by atomic mass is 16.5. The van der Waals surface area contributed by atoms with Crippen molar-refractivity contribution in [1.82, 2.24) is 0 Å². The van der Waals surface area contributed by atoms with Gasteiger partial charge in [-0.3, -0.25) is 0 Å². The zero-order chi connectivity index (χ0) is 92.0. The van der Waals surface area contributed by atoms with E-state index in [1.807, 2.05) is 28.4 Å². The number of methoxy groups -OCH3 is 5. The standard InChI is InChI=1S/C18H20O.C17H18O.C16H16O.C11H22O.C10H20O.C9H18O.C9H20O.C8H16O.2C8H18O/c1-12(2)13(3)19-18-16-10-6-4-8-14(16)15-9-5-7-11-17(15)18;1-3-12(2)18-17-15-10-6-4-8-13(15)14-9-5-7-11-16(14)17;1-11(2)17-16-14-9-5-3-7-12(14)13-8-4-6-10-15(13)16;1-10(12-2)11-8-6-4-3-5-7-9-11;1-9(11-2)10-7-5-3-4-6-8-10;1-8(10-2)9-6-4-3-5-7-9;1-7(2)8(3)10-9(4,5)6;1-7(9-2)8-5-3-4-6-8;1-6(2)7(3)8(4)9-5;1-6(2)8(5)9-7(3)4/h4-13,18H,1-3H3;4-12,17H,3H2,1-2H3;3-11,16H,1-2H3;10-11H,3-9H2,1-2H3;9-10H,3-8H2,1-2H3;8-9H,3-7H2,1-2H3;7-8H,1-6H3;7-8H,3-6H2,1-2H3;2*6-8H,1-5H3. The fraction of sp³-hybridized carbons (Fsp3) is 0.684. The van der Waals surface area contributed by atoms with Crippen molar-refractivity contribution in [2.45, 2.75) is 419 Å². The van der Waals surface area contributed by atoms with Gasteiger partial charge in [0.2, 0.25) is 0 Å². The van der Waals surface area contributed by atoms with E-state index in [0.29, 0.717) is 72.5 Å². The van der Waals surface area contributed by atoms with Crippen molar-refractivity contribution in [3.8, 4) is 33.4 Å². The van der Waals surface area contributed by atoms with Gasteiger partial charge in [-0.2, -0.15) is 0 Å². The monoisotopic (exact) mass is 1720 g/mol. The van der Waals surface area contributed by atoms with Gasteiger partial charge in [0.05, 0.1) is 72.7 Å². The second-order valence-electron chi connectivity index (χ2n) is 39.7. The van der Waals surface area contributed by atoms with Crippen molar-refractivity contribution in [3.05, 3.63) is 179 Å². The van der Waals surface area contributed by atoms with Crippen LogP contribution in [0.15, 0.2) is 146 Å². The molecule has 0 aromatic heterocycles. The molecular weight excluding hydrogens is 1530 g/mol. The highest BCUT2D eigenvalue weighted by Crippen LogP contribution is 2.49. The molecule has 13 rings (SSSR count). The van der Waals surface area contributed by atoms with Gasteiger partial charge in [-0.05, 0) is 289 Å². The minimum absolute atomic E-state index is 0.00366. The van der Waals surface area contributed by atoms with Gasteiger partial charge in [-0.25, -0.2) is 0 Å². The Morgan fingerprint density at radius 3 is 0.710 bits per heavy atom. The summed E-state index contributed by atoms with van der Waals surface area (Å²) in [6.45, 7) is 56.0. The second-order valence-corrected chi connectivity index (χ2v) is 39.7. The summed E-state index contributed by atoms with van der Waals surface area (Å²) in [6, 6.07) is 51.3. The molecule has 0 amide bonds. The maximum absolute atomic E-state index is 6.33. The van der Waals surface area contributed by atoms with E-state index >= 15 is 0 Å². The van der Waals surface area contributed by atoms with Crippen molar-refractivity contribution in [2.24, 2.45) is 53.3 Å². The highest BCUT2D eigenvalue weighted by Gasteiger charge is 2.34. The van der Waals surface area contributed by atoms with Crippen molar-refractivity contribution >= 4 is 0 Å². The number of hydrogen-bond acceptors (Lipinski definition) is 10. The largest absolute Gasteiger partial charge is 0.381 e. The summed E-state index contributed by atoms with van der Waals surface area (Å²) in [5.74, 6) is 6.52. The van der Waals surface area contributed by atoms with Crippen LogP contribution in [0.3, 0.4) is 0 Å². The fourth-order valence-electron chi connectivity index (χ4n) is 17.3. The van der Waals surface area contributed by atoms with Gasteiger partial charge in [0.25, 0.3) is 0 Å². The number of ether oxygens (including phenoxy) is 10. The lowest BCUT2D eigenvalue weighted by Crippen LogP contribution is -2.28. The Balaban J connectivity index is 0.000000293. The van der Waals surface area contributed by atoms with Crippen molar-refractivity contribution in [2.75, 3.05) is 35.5 Å². The van der Waals surface area contributed by atoms with Crippen LogP contribution in [-0.2, 0) is 47.4 Å². The van der Waals surface area contributed by atoms with Crippen LogP contribution in [-0.4, -0.2) is 108 Å². The fourth-order valence-corrected chi connectivity index (χ4v) is 17.3. The molecule has 0 saturated heterocycles. The Bertz CT molecular complexity index is 3530. The summed E-state index contributed by atoms with van der Waals surface area (Å²) in [7, 11) is 9.06. The third kappa shape index (κ3) is 39.3. The van der Waals surface area contributed by atoms with Crippen LogP contribution in [0, 0.1) is 53.3 Å². The molecule has 10 heteroatoms. The molecule has 7 aliphatic rings. The molecule has 6 aromatic rings. The highest BCUT2D eigenvalue weighted by molar-refractivity contribution is 5.80. The first-order chi connectivity index (χ1) is 59.1. The minimum atomic E-state index is 0.00366. The van der Waals surface area contributed by atoms with E-state index in [9.17, 15) is 0 Å². The average molecular weight is 1720 g/mol. The third-order valence-electron chi connectivity index (χ3n) is 27.3. The minimum Gasteiger partial charge on any atom is -0.381 e. The van der Waals surface area contributed by atoms with Crippen LogP contribution < -0.4 is 0 Å². The Labute approximate surface area is 762 Å². The molecule has 0 N–H and O–H groups in total. The zero-order valence-corrected chi connectivity index (χ0v) is 85.0. The van der Waals surface area contributed by atoms with Crippen LogP contribution in [0.25, 0.3) is 33.4 Å². The molecule has 10 unspecified atom stereocenters. The van der Waals surface area contributed by atoms with Gasteiger partial charge in [-0.1, -0.05) is 305 Å². The number of fused-ring (bicyclic) bond motifs is 9. The summed E-state index contributed by atoms with van der Waals surface area (Å²) >= 11 is 0. The van der Waals surface area contributed by atoms with Crippen LogP contribution in [0.2, 0.25) is 0 Å². The maximum Gasteiger partial charge on any atom is 0.109 e. The Morgan fingerprint density at radius 1 is 0.266 bits per heavy atom. The molecule has 702 valence electrons. The lowest BCUT2D eigenvalue weighted by Gasteiger charge is -2.27. The zero-order valence-electron chi connectivity index (χ0n) is 85.0. The first kappa shape index (κ1) is 111. The van der Waals surface area contributed by atoms with E-state index in [0.717, 1.165) is 36.0 Å². The van der Waals surface area contributed by atoms with Gasteiger partial charge in [0.15, 0.2) is 0 Å². The summed E-state index contributed by atoms with van der Waals surface area (Å²) in [5.41, 5.74) is 15.7. The van der Waals surface area contributed by atoms with Crippen molar-refractivity contribution in [3.63, 3.8) is 0 Å². The van der Waals surface area contributed by atoms with Crippen LogP contribution in [0.1, 0.15) is 379 Å². The molecule has 0 bridgehead atoms. The number of benzene rings is 6. The van der Waals surface area contributed by atoms with Gasteiger partial charge < -0.3 is 47.4 Å². The normalized spacial score (nSPS) is 18.5. The molecule has 10 atom stereocenters. The quantitative estimate of drug-likeness (QED) is 0.0546. The predicted octanol–water partition coefficient (Wildman–Crippen LogP) is 32.4. The number of hydrogen-bond donors (Lipinski definition) is 0. The SMILES string of the molecule is CC(C)C(C)OC(C)(C)C.CC(C)C(C)OC1c2ccccc2-c2ccccc21.CC(C)OC(C)C(C)C.CC(C)OC1c2ccccc2-c2ccccc21.CCC(C)OC1c2ccccc2-c2ccccc21.COC(C)C(C)C(C)C.COC(C)C1CCCC1.COC(C)C1CCCCC1.COC(C)C1CCCCCC1.COC(C)C1CCCCCCC1. The van der Waals surface area contributed by atoms with E-state index < -0.39 is 0 Å². The first-order valence-corrected chi connectivity index (χ1v) is 49.6. The number of rotatable bonds is 24. The molecule has 124 heavy (non-hydrogen) atoms. The molecule has 6 aromatic carbocycles. The third-order valence-corrected chi connectivity index (χ3v) is 27.3. The average Bonchev–Trinajstić information content (AvgIpc) is 1.63. The summed E-state index contributed by atoms with van der Waals surface area (Å²) < 4.78 is 56.2. The second kappa shape index (κ2) is 60.7. The Morgan fingerprint density at radius 2 is 0.508 bits per heavy atom. The van der Waals surface area contributed by atoms with E-state index in [-0.39, 0.29) is 42.2 Å². The van der Waals surface area contributed by atoms with E-state index in [1.165, 1.54) is 208 Å². The lowest BCUT2D eigenvalue weighted by molar-refractivity contribution is -0.0698. The van der Waals surface area contributed by atoms with Gasteiger partial charge in [0.1, 0.15) is 18.3 Å². The summed E-state index contributed by atoms with van der Waals surface area (Å²) in [4.78, 5) is 0. The smallest absolute Gasteiger partial charge is 0.109 e. The van der Waals surface area contributed by atoms with Crippen molar-refractivity contribution in [1.29, 1.82) is 0 Å². The molecule has 7 aliphatic carbocycles. The molecule has 4 saturated carbocycles. The molecular formula is C114H186O10. The topological polar surface area (TPSA) is 92.3 Å². The molecule has 10 nitrogen and oxygen atoms in total. The van der Waals surface area contributed by atoms with Gasteiger partial charge >= 0.3 is 0 Å². The van der Waals surface area contributed by atoms with Gasteiger partial charge in [0, 0.05) is 35.5 Å². The van der Waals surface area contributed by atoms with Crippen LogP contribution in [0.4, 0.5) is 0 Å². The predicted molar refractivity (Wildman–Crippen MR) is 531 cm³/mol. The van der Waals surface area contributed by atoms with Crippen LogP contribution in [0.5, 0.6) is 0 Å². The van der Waals surface area contributed by atoms with Gasteiger partial charge in [-0.15, -0.1) is 0 Å². The van der Waals surface area contributed by atoms with Crippen LogP contribution >= 0.6 is 0 Å². The van der Waals surface area contributed by atoms with E-state index in [1.54, 1.807) is 7.11 Å². The van der Waals surface area contributed by atoms with E-state index in [4.69, 9.17) is 47.4 Å². The molecule has 0 radical (unpaired) electrons. The lowest BCUT2D eigenvalue weighted by atomic mass is 9.86. The molecule has 0 heterocycles. The summed E-state index contributed by atoms with van der Waals surface area (Å²) in [6.07, 6.45) is 36.6. The van der Waals surface area contributed by atoms with E-state index in [2.05, 4.69) is 326 Å². The Kier molecular flexibility index (Phi) is 54.5.